The fourth-order valence-corrected chi connectivity index (χ4v) is 6.46. The van der Waals surface area contributed by atoms with Crippen molar-refractivity contribution in [3.63, 3.8) is 0 Å². The first kappa shape index (κ1) is 20.2. The second-order valence-corrected chi connectivity index (χ2v) is 9.32. The van der Waals surface area contributed by atoms with Gasteiger partial charge in [-0.1, -0.05) is 24.6 Å². The monoisotopic (exact) mass is 402 g/mol. The molecule has 0 aromatic rings. The zero-order valence-electron chi connectivity index (χ0n) is 17.0. The van der Waals surface area contributed by atoms with Gasteiger partial charge in [-0.05, 0) is 50.7 Å². The summed E-state index contributed by atoms with van der Waals surface area (Å²) in [7, 11) is 0. The summed E-state index contributed by atoms with van der Waals surface area (Å²) in [5.41, 5.74) is -2.33. The fraction of sp³-hybridized carbons (Fsp3) is 0.609. The van der Waals surface area contributed by atoms with Crippen molar-refractivity contribution in [2.24, 2.45) is 22.7 Å². The third kappa shape index (κ3) is 2.64. The molecule has 1 N–H and O–H groups in total. The van der Waals surface area contributed by atoms with Gasteiger partial charge in [0, 0.05) is 29.2 Å². The lowest BCUT2D eigenvalue weighted by molar-refractivity contribution is -0.185. The largest absolute Gasteiger partial charge is 0.457 e. The van der Waals surface area contributed by atoms with E-state index in [-0.39, 0.29) is 30.5 Å². The van der Waals surface area contributed by atoms with Crippen molar-refractivity contribution in [2.75, 3.05) is 6.61 Å². The van der Waals surface area contributed by atoms with Gasteiger partial charge in [-0.25, -0.2) is 4.39 Å². The Labute approximate surface area is 169 Å². The van der Waals surface area contributed by atoms with Crippen molar-refractivity contribution in [3.05, 3.63) is 35.5 Å². The van der Waals surface area contributed by atoms with Gasteiger partial charge in [-0.3, -0.25) is 14.4 Å². The highest BCUT2D eigenvalue weighted by Gasteiger charge is 2.69. The maximum absolute atomic E-state index is 16.8. The summed E-state index contributed by atoms with van der Waals surface area (Å²) in [6.07, 6.45) is 6.89. The van der Waals surface area contributed by atoms with Crippen LogP contribution in [-0.2, 0) is 19.1 Å². The molecule has 4 aliphatic carbocycles. The first-order valence-corrected chi connectivity index (χ1v) is 10.2. The summed E-state index contributed by atoms with van der Waals surface area (Å²) < 4.78 is 21.7. The predicted octanol–water partition coefficient (Wildman–Crippen LogP) is 3.03. The number of rotatable bonds is 3. The van der Waals surface area contributed by atoms with Crippen LogP contribution in [0.1, 0.15) is 46.5 Å². The number of esters is 1. The molecule has 0 aromatic heterocycles. The van der Waals surface area contributed by atoms with E-state index in [1.807, 2.05) is 13.0 Å². The third-order valence-electron chi connectivity index (χ3n) is 7.93. The number of hydrogen-bond donors (Lipinski definition) is 1. The number of hydrogen-bond acceptors (Lipinski definition) is 5. The van der Waals surface area contributed by atoms with E-state index in [2.05, 4.69) is 0 Å². The molecule has 156 valence electrons. The molecular weight excluding hydrogens is 375 g/mol. The normalized spacial score (nSPS) is 42.9. The van der Waals surface area contributed by atoms with Crippen LogP contribution in [0.15, 0.2) is 35.5 Å². The summed E-state index contributed by atoms with van der Waals surface area (Å²) in [6, 6.07) is 0. The zero-order chi connectivity index (χ0) is 21.2. The van der Waals surface area contributed by atoms with Crippen LogP contribution in [-0.4, -0.2) is 41.0 Å². The Morgan fingerprint density at radius 2 is 2.03 bits per heavy atom. The molecule has 4 rings (SSSR count). The van der Waals surface area contributed by atoms with Crippen LogP contribution in [0.4, 0.5) is 4.39 Å². The Morgan fingerprint density at radius 1 is 1.31 bits per heavy atom. The van der Waals surface area contributed by atoms with Gasteiger partial charge in [0.25, 0.3) is 0 Å². The van der Waals surface area contributed by atoms with Gasteiger partial charge < -0.3 is 9.84 Å². The number of ketones is 2. The summed E-state index contributed by atoms with van der Waals surface area (Å²) in [5, 5.41) is 11.1. The number of carbonyl (C=O) groups excluding carboxylic acids is 3. The SMILES string of the molecule is CC(=O)OCC(=O)C1=CC[C@@H]2[C@@H]3CCC4=CC(=O)C=C[C@]4(C)[C@@]3(F)[C@@H](O)C[C@]12C. The average Bonchev–Trinajstić information content (AvgIpc) is 2.98. The molecule has 4 aliphatic rings. The van der Waals surface area contributed by atoms with E-state index < -0.39 is 34.5 Å². The van der Waals surface area contributed by atoms with Crippen LogP contribution >= 0.6 is 0 Å². The Hall–Kier alpha value is -2.08. The second-order valence-electron chi connectivity index (χ2n) is 9.32. The van der Waals surface area contributed by atoms with Gasteiger partial charge in [0.05, 0.1) is 6.10 Å². The maximum atomic E-state index is 16.8. The first-order valence-electron chi connectivity index (χ1n) is 10.2. The van der Waals surface area contributed by atoms with Crippen molar-refractivity contribution in [1.29, 1.82) is 0 Å². The van der Waals surface area contributed by atoms with Crippen molar-refractivity contribution >= 4 is 17.5 Å². The molecule has 0 bridgehead atoms. The van der Waals surface area contributed by atoms with Crippen LogP contribution < -0.4 is 0 Å². The highest BCUT2D eigenvalue weighted by molar-refractivity contribution is 6.01. The molecule has 6 heteroatoms. The Balaban J connectivity index is 1.68. The zero-order valence-corrected chi connectivity index (χ0v) is 17.0. The standard InChI is InChI=1S/C23H27FO5/c1-13(25)29-12-19(27)18-7-6-16-17-5-4-14-10-15(26)8-9-22(14,3)23(17,24)20(28)11-21(16,18)2/h7-10,16-17,20,28H,4-6,11-12H2,1-3H3/t16-,17+,20+,21+,22+,23+/m1/s1. The minimum Gasteiger partial charge on any atom is -0.457 e. The van der Waals surface area contributed by atoms with E-state index in [9.17, 15) is 19.5 Å². The van der Waals surface area contributed by atoms with E-state index in [4.69, 9.17) is 4.74 Å². The second kappa shape index (κ2) is 6.46. The van der Waals surface area contributed by atoms with Crippen molar-refractivity contribution < 1.29 is 28.6 Å². The minimum absolute atomic E-state index is 0.118. The third-order valence-corrected chi connectivity index (χ3v) is 7.93. The fourth-order valence-electron chi connectivity index (χ4n) is 6.46. The maximum Gasteiger partial charge on any atom is 0.303 e. The minimum atomic E-state index is -1.90. The number of fused-ring (bicyclic) bond motifs is 5. The first-order chi connectivity index (χ1) is 13.5. The van der Waals surface area contributed by atoms with Gasteiger partial charge in [0.1, 0.15) is 0 Å². The molecule has 0 aromatic carbocycles. The number of aliphatic hydroxyl groups excluding tert-OH is 1. The molecule has 2 fully saturated rings. The number of aliphatic hydroxyl groups is 1. The summed E-state index contributed by atoms with van der Waals surface area (Å²) in [4.78, 5) is 35.6. The van der Waals surface area contributed by atoms with Crippen LogP contribution in [0.2, 0.25) is 0 Å². The number of carbonyl (C=O) groups is 3. The van der Waals surface area contributed by atoms with Crippen LogP contribution in [0.25, 0.3) is 0 Å². The number of alkyl halides is 1. The molecule has 0 aliphatic heterocycles. The topological polar surface area (TPSA) is 80.7 Å². The lowest BCUT2D eigenvalue weighted by Crippen LogP contribution is -2.66. The molecule has 6 atom stereocenters. The molecule has 29 heavy (non-hydrogen) atoms. The summed E-state index contributed by atoms with van der Waals surface area (Å²) in [5.74, 6) is -1.52. The quantitative estimate of drug-likeness (QED) is 0.734. The average molecular weight is 402 g/mol. The van der Waals surface area contributed by atoms with Crippen LogP contribution in [0, 0.1) is 22.7 Å². The highest BCUT2D eigenvalue weighted by Crippen LogP contribution is 2.67. The Morgan fingerprint density at radius 3 is 2.72 bits per heavy atom. The van der Waals surface area contributed by atoms with E-state index in [0.29, 0.717) is 24.8 Å². The number of halogens is 1. The van der Waals surface area contributed by atoms with E-state index >= 15 is 4.39 Å². The van der Waals surface area contributed by atoms with Crippen molar-refractivity contribution in [2.45, 2.75) is 58.2 Å². The van der Waals surface area contributed by atoms with Gasteiger partial charge >= 0.3 is 5.97 Å². The molecule has 2 saturated carbocycles. The molecule has 0 heterocycles. The molecule has 0 amide bonds. The number of Topliss-reactive ketones (excluding diaryl/α,β-unsaturated/α-hetero) is 1. The number of allylic oxidation sites excluding steroid dienone is 5. The van der Waals surface area contributed by atoms with Gasteiger partial charge in [-0.2, -0.15) is 0 Å². The molecular formula is C23H27FO5. The lowest BCUT2D eigenvalue weighted by atomic mass is 9.45. The molecule has 5 nitrogen and oxygen atoms in total. The van der Waals surface area contributed by atoms with Gasteiger partial charge in [0.15, 0.2) is 23.8 Å². The number of ether oxygens (including phenoxy) is 1. The van der Waals surface area contributed by atoms with E-state index in [1.54, 1.807) is 13.0 Å². The molecule has 0 radical (unpaired) electrons. The summed E-state index contributed by atoms with van der Waals surface area (Å²) >= 11 is 0. The summed E-state index contributed by atoms with van der Waals surface area (Å²) in [6.45, 7) is 4.60. The van der Waals surface area contributed by atoms with Gasteiger partial charge in [0.2, 0.25) is 0 Å². The molecule has 0 unspecified atom stereocenters. The van der Waals surface area contributed by atoms with E-state index in [0.717, 1.165) is 5.57 Å². The van der Waals surface area contributed by atoms with Crippen LogP contribution in [0.5, 0.6) is 0 Å². The predicted molar refractivity (Wildman–Crippen MR) is 103 cm³/mol. The van der Waals surface area contributed by atoms with Crippen LogP contribution in [0.3, 0.4) is 0 Å². The Bertz CT molecular complexity index is 886. The smallest absolute Gasteiger partial charge is 0.303 e. The lowest BCUT2D eigenvalue weighted by Gasteiger charge is -2.61. The highest BCUT2D eigenvalue weighted by atomic mass is 19.1. The van der Waals surface area contributed by atoms with Crippen molar-refractivity contribution in [3.8, 4) is 0 Å². The molecule has 0 saturated heterocycles. The molecule has 0 spiro atoms. The van der Waals surface area contributed by atoms with Gasteiger partial charge in [-0.15, -0.1) is 0 Å². The Kier molecular flexibility index (Phi) is 4.50. The van der Waals surface area contributed by atoms with E-state index in [1.165, 1.54) is 19.1 Å². The van der Waals surface area contributed by atoms with Crippen molar-refractivity contribution in [1.82, 2.24) is 0 Å².